The van der Waals surface area contributed by atoms with Crippen molar-refractivity contribution in [1.29, 1.82) is 0 Å². The van der Waals surface area contributed by atoms with Crippen LogP contribution < -0.4 is 0 Å². The van der Waals surface area contributed by atoms with Crippen LogP contribution >= 0.6 is 0 Å². The number of hydrogen-bond donors (Lipinski definition) is 0. The molecule has 0 fully saturated rings. The summed E-state index contributed by atoms with van der Waals surface area (Å²) in [5.41, 5.74) is -0.0113. The maximum absolute atomic E-state index is 13.3. The average molecular weight is 212 g/mol. The van der Waals surface area contributed by atoms with Gasteiger partial charge in [-0.3, -0.25) is 4.79 Å². The Balaban J connectivity index is 2.55. The van der Waals surface area contributed by atoms with E-state index in [2.05, 4.69) is 0 Å². The molecule has 0 N–H and O–H groups in total. The zero-order valence-corrected chi connectivity index (χ0v) is 7.69. The van der Waals surface area contributed by atoms with Gasteiger partial charge in [-0.25, -0.2) is 13.2 Å². The van der Waals surface area contributed by atoms with Gasteiger partial charge in [0.2, 0.25) is 0 Å². The maximum Gasteiger partial charge on any atom is 0.195 e. The summed E-state index contributed by atoms with van der Waals surface area (Å²) in [7, 11) is 0. The molecule has 0 saturated carbocycles. The largest absolute Gasteiger partial charge is 0.294 e. The van der Waals surface area contributed by atoms with Crippen molar-refractivity contribution in [2.45, 2.75) is 12.8 Å². The van der Waals surface area contributed by atoms with Gasteiger partial charge in [0.05, 0.1) is 0 Å². The van der Waals surface area contributed by atoms with E-state index in [1.54, 1.807) is 0 Å². The van der Waals surface area contributed by atoms with Crippen LogP contribution in [0.3, 0.4) is 0 Å². The number of ketones is 1. The lowest BCUT2D eigenvalue weighted by Crippen LogP contribution is -2.01. The van der Waals surface area contributed by atoms with Crippen LogP contribution in [-0.4, -0.2) is 5.78 Å². The third-order valence-electron chi connectivity index (χ3n) is 2.35. The predicted molar refractivity (Wildman–Crippen MR) is 48.5 cm³/mol. The van der Waals surface area contributed by atoms with Crippen molar-refractivity contribution >= 4 is 11.4 Å². The molecule has 78 valence electrons. The van der Waals surface area contributed by atoms with E-state index in [-0.39, 0.29) is 16.9 Å². The number of benzene rings is 1. The molecule has 0 bridgehead atoms. The first-order chi connectivity index (χ1) is 7.11. The minimum absolute atomic E-state index is 0.145. The van der Waals surface area contributed by atoms with E-state index in [0.717, 1.165) is 12.1 Å². The Kier molecular flexibility index (Phi) is 2.34. The highest BCUT2D eigenvalue weighted by molar-refractivity contribution is 6.22. The molecule has 1 aliphatic carbocycles. The first-order valence-corrected chi connectivity index (χ1v) is 4.48. The Morgan fingerprint density at radius 3 is 2.40 bits per heavy atom. The van der Waals surface area contributed by atoms with Crippen LogP contribution in [0.2, 0.25) is 0 Å². The summed E-state index contributed by atoms with van der Waals surface area (Å²) in [6.07, 6.45) is 2.36. The lowest BCUT2D eigenvalue weighted by atomic mass is 10.0. The Morgan fingerprint density at radius 1 is 1.07 bits per heavy atom. The molecular formula is C11H7F3O. The van der Waals surface area contributed by atoms with Crippen molar-refractivity contribution in [1.82, 2.24) is 0 Å². The first kappa shape index (κ1) is 9.96. The summed E-state index contributed by atoms with van der Waals surface area (Å²) in [6.45, 7) is 0. The number of carbonyl (C=O) groups is 1. The molecule has 4 heteroatoms. The summed E-state index contributed by atoms with van der Waals surface area (Å²) < 4.78 is 38.8. The number of halogens is 3. The first-order valence-electron chi connectivity index (χ1n) is 4.48. The van der Waals surface area contributed by atoms with Crippen molar-refractivity contribution in [3.05, 3.63) is 41.2 Å². The molecule has 0 atom stereocenters. The fourth-order valence-electron chi connectivity index (χ4n) is 1.59. The Labute approximate surface area is 84.2 Å². The number of rotatable bonds is 1. The van der Waals surface area contributed by atoms with E-state index in [4.69, 9.17) is 0 Å². The molecule has 0 aliphatic heterocycles. The Hall–Kier alpha value is -1.58. The standard InChI is InChI=1S/C11H7F3O/c12-8-5-4-7(10(13)11(8)14)6-2-1-3-9(6)15/h2,4-5H,1,3H2. The van der Waals surface area contributed by atoms with E-state index in [1.807, 2.05) is 0 Å². The average Bonchev–Trinajstić information content (AvgIpc) is 2.62. The molecule has 0 radical (unpaired) electrons. The van der Waals surface area contributed by atoms with Gasteiger partial charge in [0.15, 0.2) is 23.2 Å². The Morgan fingerprint density at radius 2 is 1.80 bits per heavy atom. The molecule has 0 unspecified atom stereocenters. The minimum atomic E-state index is -1.53. The van der Waals surface area contributed by atoms with Gasteiger partial charge in [0, 0.05) is 17.6 Å². The summed E-state index contributed by atoms with van der Waals surface area (Å²) in [5.74, 6) is -4.31. The second-order valence-electron chi connectivity index (χ2n) is 3.30. The summed E-state index contributed by atoms with van der Waals surface area (Å²) in [5, 5.41) is 0. The van der Waals surface area contributed by atoms with Crippen molar-refractivity contribution in [2.24, 2.45) is 0 Å². The van der Waals surface area contributed by atoms with Crippen LogP contribution in [0, 0.1) is 17.5 Å². The van der Waals surface area contributed by atoms with E-state index >= 15 is 0 Å². The van der Waals surface area contributed by atoms with Crippen molar-refractivity contribution < 1.29 is 18.0 Å². The van der Waals surface area contributed by atoms with E-state index < -0.39 is 17.5 Å². The molecule has 1 aromatic carbocycles. The SMILES string of the molecule is O=C1CCC=C1c1ccc(F)c(F)c1F. The van der Waals surface area contributed by atoms with Crippen LogP contribution in [-0.2, 0) is 4.79 Å². The van der Waals surface area contributed by atoms with Gasteiger partial charge in [0.25, 0.3) is 0 Å². The lowest BCUT2D eigenvalue weighted by Gasteiger charge is -2.04. The second kappa shape index (κ2) is 3.53. The topological polar surface area (TPSA) is 17.1 Å². The second-order valence-corrected chi connectivity index (χ2v) is 3.30. The molecule has 0 amide bonds. The fraction of sp³-hybridized carbons (Fsp3) is 0.182. The quantitative estimate of drug-likeness (QED) is 0.654. The minimum Gasteiger partial charge on any atom is -0.294 e. The van der Waals surface area contributed by atoms with E-state index in [9.17, 15) is 18.0 Å². The van der Waals surface area contributed by atoms with Crippen molar-refractivity contribution in [3.8, 4) is 0 Å². The van der Waals surface area contributed by atoms with Crippen molar-refractivity contribution in [2.75, 3.05) is 0 Å². The van der Waals surface area contributed by atoms with Gasteiger partial charge in [-0.1, -0.05) is 6.08 Å². The van der Waals surface area contributed by atoms with Crippen LogP contribution in [0.25, 0.3) is 5.57 Å². The number of allylic oxidation sites excluding steroid dienone is 2. The van der Waals surface area contributed by atoms with Gasteiger partial charge >= 0.3 is 0 Å². The van der Waals surface area contributed by atoms with Crippen LogP contribution in [0.4, 0.5) is 13.2 Å². The lowest BCUT2D eigenvalue weighted by molar-refractivity contribution is -0.113. The number of hydrogen-bond acceptors (Lipinski definition) is 1. The van der Waals surface area contributed by atoms with Crippen LogP contribution in [0.5, 0.6) is 0 Å². The van der Waals surface area contributed by atoms with Crippen molar-refractivity contribution in [3.63, 3.8) is 0 Å². The fourth-order valence-corrected chi connectivity index (χ4v) is 1.59. The highest BCUT2D eigenvalue weighted by Crippen LogP contribution is 2.28. The normalized spacial score (nSPS) is 15.7. The monoisotopic (exact) mass is 212 g/mol. The molecule has 15 heavy (non-hydrogen) atoms. The maximum atomic E-state index is 13.3. The zero-order valence-electron chi connectivity index (χ0n) is 7.69. The molecule has 2 rings (SSSR count). The van der Waals surface area contributed by atoms with Gasteiger partial charge in [-0.15, -0.1) is 0 Å². The number of carbonyl (C=O) groups excluding carboxylic acids is 1. The molecule has 0 saturated heterocycles. The molecule has 1 nitrogen and oxygen atoms in total. The van der Waals surface area contributed by atoms with Crippen LogP contribution in [0.15, 0.2) is 18.2 Å². The van der Waals surface area contributed by atoms with Crippen LogP contribution in [0.1, 0.15) is 18.4 Å². The Bertz CT molecular complexity index is 463. The molecule has 0 aromatic heterocycles. The third kappa shape index (κ3) is 1.56. The van der Waals surface area contributed by atoms with Gasteiger partial charge in [-0.05, 0) is 18.6 Å². The van der Waals surface area contributed by atoms with Gasteiger partial charge in [-0.2, -0.15) is 0 Å². The summed E-state index contributed by atoms with van der Waals surface area (Å²) >= 11 is 0. The zero-order chi connectivity index (χ0) is 11.0. The summed E-state index contributed by atoms with van der Waals surface area (Å²) in [6, 6.07) is 1.91. The molecule has 0 spiro atoms. The molecule has 0 heterocycles. The highest BCUT2D eigenvalue weighted by atomic mass is 19.2. The molecular weight excluding hydrogens is 205 g/mol. The highest BCUT2D eigenvalue weighted by Gasteiger charge is 2.22. The smallest absolute Gasteiger partial charge is 0.195 e. The van der Waals surface area contributed by atoms with Gasteiger partial charge in [0.1, 0.15) is 0 Å². The number of Topliss-reactive ketones (excluding diaryl/α,β-unsaturated/α-hetero) is 1. The van der Waals surface area contributed by atoms with E-state index in [0.29, 0.717) is 12.8 Å². The van der Waals surface area contributed by atoms with E-state index in [1.165, 1.54) is 6.08 Å². The summed E-state index contributed by atoms with van der Waals surface area (Å²) in [4.78, 5) is 11.3. The van der Waals surface area contributed by atoms with Gasteiger partial charge < -0.3 is 0 Å². The predicted octanol–water partition coefficient (Wildman–Crippen LogP) is 2.85. The third-order valence-corrected chi connectivity index (χ3v) is 2.35. The molecule has 1 aromatic rings. The molecule has 1 aliphatic rings.